The molecule has 9 heteroatoms. The summed E-state index contributed by atoms with van der Waals surface area (Å²) in [5.74, 6) is -1.12. The molecule has 0 saturated carbocycles. The van der Waals surface area contributed by atoms with Crippen molar-refractivity contribution in [2.24, 2.45) is 0 Å². The van der Waals surface area contributed by atoms with E-state index in [1.807, 2.05) is 0 Å². The Hall–Kier alpha value is -2.68. The van der Waals surface area contributed by atoms with Gasteiger partial charge in [0.1, 0.15) is 11.4 Å². The molecule has 1 aromatic rings. The molecule has 0 aliphatic heterocycles. The number of anilines is 1. The number of ether oxygens (including phenoxy) is 1. The van der Waals surface area contributed by atoms with Gasteiger partial charge >= 0.3 is 5.97 Å². The van der Waals surface area contributed by atoms with Gasteiger partial charge in [0.15, 0.2) is 0 Å². The second-order valence-corrected chi connectivity index (χ2v) is 4.57. The molecule has 1 aromatic carbocycles. The van der Waals surface area contributed by atoms with Crippen LogP contribution in [-0.4, -0.2) is 54.1 Å². The first-order valence-corrected chi connectivity index (χ1v) is 6.36. The molecule has 0 unspecified atom stereocenters. The number of carbonyl (C=O) groups is 2. The van der Waals surface area contributed by atoms with Gasteiger partial charge in [-0.25, -0.2) is 0 Å². The number of rotatable bonds is 8. The molecule has 2 N–H and O–H groups in total. The lowest BCUT2D eigenvalue weighted by Crippen LogP contribution is -2.31. The highest BCUT2D eigenvalue weighted by molar-refractivity contribution is 5.94. The Morgan fingerprint density at radius 2 is 2.14 bits per heavy atom. The van der Waals surface area contributed by atoms with Crippen molar-refractivity contribution in [3.63, 3.8) is 0 Å². The molecule has 22 heavy (non-hydrogen) atoms. The molecule has 0 radical (unpaired) electrons. The van der Waals surface area contributed by atoms with Crippen LogP contribution in [0.5, 0.6) is 5.75 Å². The third kappa shape index (κ3) is 5.37. The lowest BCUT2D eigenvalue weighted by atomic mass is 10.2. The quantitative estimate of drug-likeness (QED) is 0.541. The van der Waals surface area contributed by atoms with Gasteiger partial charge in [-0.15, -0.1) is 0 Å². The van der Waals surface area contributed by atoms with Crippen molar-refractivity contribution in [1.29, 1.82) is 0 Å². The van der Waals surface area contributed by atoms with E-state index in [4.69, 9.17) is 9.84 Å². The van der Waals surface area contributed by atoms with Gasteiger partial charge in [0.25, 0.3) is 5.69 Å². The Morgan fingerprint density at radius 1 is 1.45 bits per heavy atom. The first-order chi connectivity index (χ1) is 10.3. The standard InChI is InChI=1S/C13H17N3O6/c1-15(6-5-13(18)19)8-12(17)14-10-4-3-9(22-2)7-11(10)16(20)21/h3-4,7H,5-6,8H2,1-2H3,(H,14,17)(H,18,19). The molecule has 0 spiro atoms. The maximum atomic E-state index is 11.8. The molecule has 120 valence electrons. The number of likely N-dealkylation sites (N-methyl/N-ethyl adjacent to an activating group) is 1. The van der Waals surface area contributed by atoms with Gasteiger partial charge in [0, 0.05) is 6.54 Å². The number of nitro groups is 1. The van der Waals surface area contributed by atoms with E-state index in [0.717, 1.165) is 0 Å². The lowest BCUT2D eigenvalue weighted by Gasteiger charge is -2.15. The Bertz CT molecular complexity index is 575. The minimum Gasteiger partial charge on any atom is -0.496 e. The first-order valence-electron chi connectivity index (χ1n) is 6.36. The van der Waals surface area contributed by atoms with Gasteiger partial charge < -0.3 is 15.2 Å². The monoisotopic (exact) mass is 311 g/mol. The van der Waals surface area contributed by atoms with Crippen LogP contribution in [0.1, 0.15) is 6.42 Å². The average molecular weight is 311 g/mol. The van der Waals surface area contributed by atoms with Crippen LogP contribution < -0.4 is 10.1 Å². The van der Waals surface area contributed by atoms with E-state index < -0.39 is 16.8 Å². The van der Waals surface area contributed by atoms with Crippen molar-refractivity contribution in [3.05, 3.63) is 28.3 Å². The highest BCUT2D eigenvalue weighted by Crippen LogP contribution is 2.28. The minimum absolute atomic E-state index is 0.0578. The van der Waals surface area contributed by atoms with E-state index in [1.54, 1.807) is 7.05 Å². The molecule has 0 aromatic heterocycles. The molecule has 0 aliphatic carbocycles. The second-order valence-electron chi connectivity index (χ2n) is 4.57. The normalized spacial score (nSPS) is 10.3. The summed E-state index contributed by atoms with van der Waals surface area (Å²) in [5, 5.41) is 22.0. The number of nitro benzene ring substituents is 1. The SMILES string of the molecule is COc1ccc(NC(=O)CN(C)CCC(=O)O)c([N+](=O)[O-])c1. The number of carboxylic acid groups (broad SMARTS) is 1. The predicted octanol–water partition coefficient (Wildman–Crippen LogP) is 0.948. The zero-order valence-electron chi connectivity index (χ0n) is 12.2. The van der Waals surface area contributed by atoms with Gasteiger partial charge in [-0.3, -0.25) is 24.6 Å². The molecular weight excluding hydrogens is 294 g/mol. The van der Waals surface area contributed by atoms with E-state index in [0.29, 0.717) is 5.75 Å². The Kier molecular flexibility index (Phi) is 6.26. The molecule has 0 heterocycles. The average Bonchev–Trinajstić information content (AvgIpc) is 2.45. The molecule has 0 atom stereocenters. The summed E-state index contributed by atoms with van der Waals surface area (Å²) in [4.78, 5) is 34.2. The number of carboxylic acids is 1. The maximum absolute atomic E-state index is 11.8. The summed E-state index contributed by atoms with van der Waals surface area (Å²) in [7, 11) is 2.97. The molecule has 0 saturated heterocycles. The van der Waals surface area contributed by atoms with Crippen molar-refractivity contribution in [2.75, 3.05) is 32.6 Å². The number of nitrogens with one attached hydrogen (secondary N) is 1. The number of hydrogen-bond donors (Lipinski definition) is 2. The highest BCUT2D eigenvalue weighted by Gasteiger charge is 2.18. The second kappa shape index (κ2) is 7.93. The van der Waals surface area contributed by atoms with E-state index >= 15 is 0 Å². The molecule has 1 amide bonds. The smallest absolute Gasteiger partial charge is 0.304 e. The number of aliphatic carboxylic acids is 1. The van der Waals surface area contributed by atoms with Gasteiger partial charge in [0.05, 0.1) is 31.1 Å². The molecule has 0 bridgehead atoms. The zero-order valence-corrected chi connectivity index (χ0v) is 12.2. The maximum Gasteiger partial charge on any atom is 0.304 e. The summed E-state index contributed by atoms with van der Waals surface area (Å²) >= 11 is 0. The van der Waals surface area contributed by atoms with Crippen LogP contribution in [-0.2, 0) is 9.59 Å². The molecule has 9 nitrogen and oxygen atoms in total. The van der Waals surface area contributed by atoms with Gasteiger partial charge in [0.2, 0.25) is 5.91 Å². The van der Waals surface area contributed by atoms with Crippen LogP contribution >= 0.6 is 0 Å². The van der Waals surface area contributed by atoms with Crippen LogP contribution in [0.4, 0.5) is 11.4 Å². The van der Waals surface area contributed by atoms with Crippen molar-refractivity contribution < 1.29 is 24.4 Å². The van der Waals surface area contributed by atoms with E-state index in [-0.39, 0.29) is 30.9 Å². The van der Waals surface area contributed by atoms with Crippen LogP contribution in [0.15, 0.2) is 18.2 Å². The summed E-state index contributed by atoms with van der Waals surface area (Å²) in [6.07, 6.45) is -0.0908. The van der Waals surface area contributed by atoms with Crippen molar-refractivity contribution >= 4 is 23.3 Å². The fourth-order valence-electron chi connectivity index (χ4n) is 1.70. The van der Waals surface area contributed by atoms with Gasteiger partial charge in [-0.1, -0.05) is 0 Å². The van der Waals surface area contributed by atoms with Crippen molar-refractivity contribution in [2.45, 2.75) is 6.42 Å². The number of nitrogens with zero attached hydrogens (tertiary/aromatic N) is 2. The van der Waals surface area contributed by atoms with Crippen molar-refractivity contribution in [1.82, 2.24) is 4.90 Å². The Balaban J connectivity index is 2.71. The highest BCUT2D eigenvalue weighted by atomic mass is 16.6. The predicted molar refractivity (Wildman–Crippen MR) is 78.0 cm³/mol. The lowest BCUT2D eigenvalue weighted by molar-refractivity contribution is -0.384. The van der Waals surface area contributed by atoms with Gasteiger partial charge in [-0.05, 0) is 19.2 Å². The van der Waals surface area contributed by atoms with Crippen LogP contribution in [0.25, 0.3) is 0 Å². The third-order valence-electron chi connectivity index (χ3n) is 2.80. The molecule has 0 aliphatic rings. The molecule has 1 rings (SSSR count). The molecular formula is C13H17N3O6. The Morgan fingerprint density at radius 3 is 2.68 bits per heavy atom. The Labute approximate surface area is 126 Å². The van der Waals surface area contributed by atoms with E-state index in [1.165, 1.54) is 30.2 Å². The van der Waals surface area contributed by atoms with Crippen LogP contribution in [0, 0.1) is 10.1 Å². The van der Waals surface area contributed by atoms with E-state index in [9.17, 15) is 19.7 Å². The fraction of sp³-hybridized carbons (Fsp3) is 0.385. The zero-order chi connectivity index (χ0) is 16.7. The van der Waals surface area contributed by atoms with Crippen LogP contribution in [0.3, 0.4) is 0 Å². The number of benzene rings is 1. The van der Waals surface area contributed by atoms with E-state index in [2.05, 4.69) is 5.32 Å². The van der Waals surface area contributed by atoms with Crippen LogP contribution in [0.2, 0.25) is 0 Å². The molecule has 0 fully saturated rings. The number of hydrogen-bond acceptors (Lipinski definition) is 6. The number of carbonyl (C=O) groups excluding carboxylic acids is 1. The first kappa shape index (κ1) is 17.4. The van der Waals surface area contributed by atoms with Crippen molar-refractivity contribution in [3.8, 4) is 5.75 Å². The summed E-state index contributed by atoms with van der Waals surface area (Å²) in [6, 6.07) is 4.09. The fourth-order valence-corrected chi connectivity index (χ4v) is 1.70. The minimum atomic E-state index is -0.960. The number of methoxy groups -OCH3 is 1. The summed E-state index contributed by atoms with van der Waals surface area (Å²) < 4.78 is 4.90. The summed E-state index contributed by atoms with van der Waals surface area (Å²) in [5.41, 5.74) is -0.219. The summed E-state index contributed by atoms with van der Waals surface area (Å²) in [6.45, 7) is 0.129. The largest absolute Gasteiger partial charge is 0.496 e. The third-order valence-corrected chi connectivity index (χ3v) is 2.80. The number of amides is 1. The van der Waals surface area contributed by atoms with Gasteiger partial charge in [-0.2, -0.15) is 0 Å². The topological polar surface area (TPSA) is 122 Å².